The zero-order valence-electron chi connectivity index (χ0n) is 13.9. The van der Waals surface area contributed by atoms with Crippen LogP contribution in [0.4, 0.5) is 11.4 Å². The fourth-order valence-electron chi connectivity index (χ4n) is 2.92. The molecule has 7 nitrogen and oxygen atoms in total. The Labute approximate surface area is 144 Å². The first-order chi connectivity index (χ1) is 11.8. The highest BCUT2D eigenvalue weighted by molar-refractivity contribution is 5.99. The Morgan fingerprint density at radius 1 is 1.00 bits per heavy atom. The zero-order valence-corrected chi connectivity index (χ0v) is 13.9. The van der Waals surface area contributed by atoms with Crippen LogP contribution in [-0.2, 0) is 0 Å². The van der Waals surface area contributed by atoms with Gasteiger partial charge in [-0.15, -0.1) is 0 Å². The summed E-state index contributed by atoms with van der Waals surface area (Å²) in [7, 11) is 0. The third-order valence-electron chi connectivity index (χ3n) is 4.31. The average molecular weight is 342 g/mol. The van der Waals surface area contributed by atoms with E-state index >= 15 is 0 Å². The number of hydrogen-bond donors (Lipinski definition) is 0. The summed E-state index contributed by atoms with van der Waals surface area (Å²) in [5.41, 5.74) is 0.0534. The second kappa shape index (κ2) is 7.65. The summed E-state index contributed by atoms with van der Waals surface area (Å²) in [5, 5.41) is 22.0. The highest BCUT2D eigenvalue weighted by Crippen LogP contribution is 2.32. The van der Waals surface area contributed by atoms with Gasteiger partial charge < -0.3 is 0 Å². The maximum atomic E-state index is 12.9. The van der Waals surface area contributed by atoms with Crippen molar-refractivity contribution < 1.29 is 14.6 Å². The number of rotatable bonds is 7. The summed E-state index contributed by atoms with van der Waals surface area (Å²) < 4.78 is 0. The molecule has 0 N–H and O–H groups in total. The molecule has 0 bridgehead atoms. The van der Waals surface area contributed by atoms with Crippen LogP contribution in [-0.4, -0.2) is 15.6 Å². The van der Waals surface area contributed by atoms with Crippen molar-refractivity contribution in [2.45, 2.75) is 26.2 Å². The maximum Gasteiger partial charge on any atom is 0.277 e. The van der Waals surface area contributed by atoms with Crippen LogP contribution >= 0.6 is 0 Å². The predicted molar refractivity (Wildman–Crippen MR) is 92.7 cm³/mol. The van der Waals surface area contributed by atoms with E-state index < -0.39 is 27.1 Å². The van der Waals surface area contributed by atoms with Gasteiger partial charge in [0.25, 0.3) is 11.4 Å². The number of non-ortho nitro benzene ring substituents is 2. The smallest absolute Gasteiger partial charge is 0.277 e. The number of hydrogen-bond acceptors (Lipinski definition) is 5. The van der Waals surface area contributed by atoms with Crippen LogP contribution in [0.5, 0.6) is 0 Å². The first kappa shape index (κ1) is 18.3. The molecular weight excluding hydrogens is 324 g/mol. The highest BCUT2D eigenvalue weighted by Gasteiger charge is 2.28. The highest BCUT2D eigenvalue weighted by atomic mass is 16.6. The monoisotopic (exact) mass is 342 g/mol. The molecule has 2 aromatic rings. The molecular formula is C18H18N2O5. The minimum Gasteiger partial charge on any atom is -0.294 e. The summed E-state index contributed by atoms with van der Waals surface area (Å²) in [6.45, 7) is 3.76. The molecule has 0 heterocycles. The molecule has 0 spiro atoms. The molecule has 0 amide bonds. The van der Waals surface area contributed by atoms with Gasteiger partial charge in [-0.3, -0.25) is 25.0 Å². The minimum absolute atomic E-state index is 0.00414. The summed E-state index contributed by atoms with van der Waals surface area (Å²) in [4.78, 5) is 33.5. The summed E-state index contributed by atoms with van der Waals surface area (Å²) in [6.07, 6.45) is 0.519. The lowest BCUT2D eigenvalue weighted by atomic mass is 9.81. The quantitative estimate of drug-likeness (QED) is 0.418. The first-order valence-corrected chi connectivity index (χ1v) is 7.88. The van der Waals surface area contributed by atoms with E-state index in [2.05, 4.69) is 0 Å². The Morgan fingerprint density at radius 3 is 1.96 bits per heavy atom. The van der Waals surface area contributed by atoms with Crippen LogP contribution in [0.1, 0.15) is 42.1 Å². The van der Waals surface area contributed by atoms with E-state index in [0.29, 0.717) is 6.42 Å². The van der Waals surface area contributed by atoms with Gasteiger partial charge in [-0.2, -0.15) is 0 Å². The van der Waals surface area contributed by atoms with E-state index in [9.17, 15) is 25.0 Å². The van der Waals surface area contributed by atoms with E-state index in [-0.39, 0.29) is 17.3 Å². The van der Waals surface area contributed by atoms with Crippen molar-refractivity contribution in [1.29, 1.82) is 0 Å². The fraction of sp³-hybridized carbons (Fsp3) is 0.278. The second-order valence-electron chi connectivity index (χ2n) is 5.83. The number of nitrogens with zero attached hydrogens (tertiary/aromatic N) is 2. The molecule has 2 rings (SSSR count). The van der Waals surface area contributed by atoms with Gasteiger partial charge >= 0.3 is 0 Å². The molecule has 130 valence electrons. The van der Waals surface area contributed by atoms with Gasteiger partial charge in [-0.25, -0.2) is 0 Å². The maximum absolute atomic E-state index is 12.9. The molecule has 0 saturated carbocycles. The van der Waals surface area contributed by atoms with Gasteiger partial charge in [0.05, 0.1) is 15.9 Å². The van der Waals surface area contributed by atoms with Gasteiger partial charge in [0.1, 0.15) is 0 Å². The number of ketones is 1. The van der Waals surface area contributed by atoms with Crippen LogP contribution in [0.25, 0.3) is 0 Å². The van der Waals surface area contributed by atoms with Crippen LogP contribution in [0.15, 0.2) is 48.5 Å². The number of carbonyl (C=O) groups excluding carboxylic acids is 1. The third-order valence-corrected chi connectivity index (χ3v) is 4.31. The van der Waals surface area contributed by atoms with Crippen molar-refractivity contribution >= 4 is 17.2 Å². The molecule has 0 aliphatic heterocycles. The lowest BCUT2D eigenvalue weighted by Gasteiger charge is -2.22. The fourth-order valence-corrected chi connectivity index (χ4v) is 2.92. The molecule has 2 aromatic carbocycles. The molecule has 0 unspecified atom stereocenters. The number of benzene rings is 2. The van der Waals surface area contributed by atoms with E-state index in [0.717, 1.165) is 23.8 Å². The Kier molecular flexibility index (Phi) is 5.59. The van der Waals surface area contributed by atoms with Gasteiger partial charge in [0.2, 0.25) is 0 Å². The van der Waals surface area contributed by atoms with Crippen LogP contribution < -0.4 is 0 Å². The molecule has 0 aliphatic carbocycles. The van der Waals surface area contributed by atoms with Gasteiger partial charge in [-0.1, -0.05) is 44.2 Å². The Balaban J connectivity index is 2.43. The summed E-state index contributed by atoms with van der Waals surface area (Å²) in [5.74, 6) is -0.869. The standard InChI is InChI=1S/C18H18N2O5/c1-3-17(12(2)13-7-5-4-6-8-13)18(21)14-9-15(19(22)23)11-16(10-14)20(24)25/h4-12,17H,3H2,1-2H3/t12-,17-/m1/s1. The van der Waals surface area contributed by atoms with E-state index in [1.54, 1.807) is 0 Å². The summed E-state index contributed by atoms with van der Waals surface area (Å²) >= 11 is 0. The molecule has 25 heavy (non-hydrogen) atoms. The second-order valence-corrected chi connectivity index (χ2v) is 5.83. The molecule has 0 saturated heterocycles. The lowest BCUT2D eigenvalue weighted by molar-refractivity contribution is -0.394. The molecule has 0 radical (unpaired) electrons. The number of nitro benzene ring substituents is 2. The number of nitro groups is 2. The number of carbonyl (C=O) groups is 1. The largest absolute Gasteiger partial charge is 0.294 e. The zero-order chi connectivity index (χ0) is 18.6. The Hall–Kier alpha value is -3.09. The van der Waals surface area contributed by atoms with Crippen LogP contribution in [0.2, 0.25) is 0 Å². The molecule has 2 atom stereocenters. The topological polar surface area (TPSA) is 103 Å². The van der Waals surface area contributed by atoms with Crippen molar-refractivity contribution in [3.8, 4) is 0 Å². The Bertz CT molecular complexity index is 772. The van der Waals surface area contributed by atoms with Crippen molar-refractivity contribution in [2.24, 2.45) is 5.92 Å². The molecule has 0 fully saturated rings. The Morgan fingerprint density at radius 2 is 1.52 bits per heavy atom. The molecule has 7 heteroatoms. The first-order valence-electron chi connectivity index (χ1n) is 7.88. The van der Waals surface area contributed by atoms with E-state index in [1.165, 1.54) is 0 Å². The van der Waals surface area contributed by atoms with Crippen LogP contribution in [0, 0.1) is 26.1 Å². The van der Waals surface area contributed by atoms with Crippen LogP contribution in [0.3, 0.4) is 0 Å². The molecule has 0 aliphatic rings. The van der Waals surface area contributed by atoms with Gasteiger partial charge in [0, 0.05) is 23.6 Å². The number of Topliss-reactive ketones (excluding diaryl/α,β-unsaturated/α-hetero) is 1. The van der Waals surface area contributed by atoms with Crippen molar-refractivity contribution in [3.05, 3.63) is 79.9 Å². The SMILES string of the molecule is CC[C@@H](C(=O)c1cc([N+](=O)[O-])cc([N+](=O)[O-])c1)[C@H](C)c1ccccc1. The average Bonchev–Trinajstić information content (AvgIpc) is 2.62. The van der Waals surface area contributed by atoms with E-state index in [1.807, 2.05) is 44.2 Å². The normalized spacial score (nSPS) is 13.0. The van der Waals surface area contributed by atoms with Gasteiger partial charge in [-0.05, 0) is 17.9 Å². The minimum atomic E-state index is -0.731. The molecule has 0 aromatic heterocycles. The van der Waals surface area contributed by atoms with Crippen molar-refractivity contribution in [1.82, 2.24) is 0 Å². The summed E-state index contributed by atoms with van der Waals surface area (Å²) in [6, 6.07) is 12.5. The van der Waals surface area contributed by atoms with Gasteiger partial charge in [0.15, 0.2) is 5.78 Å². The lowest BCUT2D eigenvalue weighted by Crippen LogP contribution is -2.20. The van der Waals surface area contributed by atoms with Crippen molar-refractivity contribution in [2.75, 3.05) is 0 Å². The third kappa shape index (κ3) is 4.06. The van der Waals surface area contributed by atoms with E-state index in [4.69, 9.17) is 0 Å². The van der Waals surface area contributed by atoms with Crippen molar-refractivity contribution in [3.63, 3.8) is 0 Å². The predicted octanol–water partition coefficient (Wildman–Crippen LogP) is 4.52.